The lowest BCUT2D eigenvalue weighted by molar-refractivity contribution is -0.0381. The number of phenolic OH excluding ortho intramolecular Hbond substituents is 1. The number of anilines is 1. The summed E-state index contributed by atoms with van der Waals surface area (Å²) in [7, 11) is 0. The summed E-state index contributed by atoms with van der Waals surface area (Å²) < 4.78 is 12.5. The average Bonchev–Trinajstić information content (AvgIpc) is 2.65. The molecule has 2 N–H and O–H groups in total. The highest BCUT2D eigenvalue weighted by molar-refractivity contribution is 9.10. The minimum Gasteiger partial charge on any atom is -0.503 e. The van der Waals surface area contributed by atoms with E-state index in [0.29, 0.717) is 22.7 Å². The maximum Gasteiger partial charge on any atom is 0.172 e. The van der Waals surface area contributed by atoms with Crippen molar-refractivity contribution in [3.8, 4) is 11.5 Å². The standard InChI is InChI=1S/C21H24BrNO3/c1-3-25-18-11-13(10-16(22)20(18)24)19-14-5-4-8-26-21(14)15-9-12(2)6-7-17(15)23-19/h6-7,9-11,14,19,21,23-24H,3-5,8H2,1-2H3/t14-,19?,21-/m0/s1. The van der Waals surface area contributed by atoms with Crippen LogP contribution in [0.15, 0.2) is 34.8 Å². The van der Waals surface area contributed by atoms with E-state index in [1.54, 1.807) is 0 Å². The SMILES string of the molecule is CCOc1cc(C2Nc3ccc(C)cc3[C@H]3OCCC[C@@H]23)cc(Br)c1O. The minimum atomic E-state index is 0.105. The van der Waals surface area contributed by atoms with Gasteiger partial charge in [0.25, 0.3) is 0 Å². The van der Waals surface area contributed by atoms with Crippen molar-refractivity contribution in [3.05, 3.63) is 51.5 Å². The van der Waals surface area contributed by atoms with Gasteiger partial charge in [-0.2, -0.15) is 0 Å². The van der Waals surface area contributed by atoms with Gasteiger partial charge in [-0.15, -0.1) is 0 Å². The Morgan fingerprint density at radius 1 is 1.31 bits per heavy atom. The van der Waals surface area contributed by atoms with Gasteiger partial charge in [0.1, 0.15) is 0 Å². The number of aryl methyl sites for hydroxylation is 1. The summed E-state index contributed by atoms with van der Waals surface area (Å²) in [6.45, 7) is 5.36. The van der Waals surface area contributed by atoms with Gasteiger partial charge in [-0.05, 0) is 66.4 Å². The highest BCUT2D eigenvalue weighted by Crippen LogP contribution is 2.50. The molecule has 4 nitrogen and oxygen atoms in total. The lowest BCUT2D eigenvalue weighted by Crippen LogP contribution is -2.36. The predicted molar refractivity (Wildman–Crippen MR) is 106 cm³/mol. The lowest BCUT2D eigenvalue weighted by Gasteiger charge is -2.43. The molecule has 0 saturated carbocycles. The van der Waals surface area contributed by atoms with Gasteiger partial charge in [0.2, 0.25) is 0 Å². The molecule has 0 aliphatic carbocycles. The monoisotopic (exact) mass is 417 g/mol. The molecule has 138 valence electrons. The van der Waals surface area contributed by atoms with Gasteiger partial charge in [0.05, 0.1) is 23.2 Å². The van der Waals surface area contributed by atoms with Crippen LogP contribution >= 0.6 is 15.9 Å². The van der Waals surface area contributed by atoms with Gasteiger partial charge in [-0.1, -0.05) is 17.7 Å². The first-order chi connectivity index (χ1) is 12.6. The summed E-state index contributed by atoms with van der Waals surface area (Å²) in [4.78, 5) is 0. The highest BCUT2D eigenvalue weighted by Gasteiger charge is 2.40. The van der Waals surface area contributed by atoms with Crippen molar-refractivity contribution < 1.29 is 14.6 Å². The van der Waals surface area contributed by atoms with Crippen molar-refractivity contribution in [3.63, 3.8) is 0 Å². The maximum atomic E-state index is 10.3. The number of rotatable bonds is 3. The minimum absolute atomic E-state index is 0.105. The molecule has 5 heteroatoms. The number of ether oxygens (including phenoxy) is 2. The van der Waals surface area contributed by atoms with Crippen LogP contribution in [-0.2, 0) is 4.74 Å². The molecular weight excluding hydrogens is 394 g/mol. The van der Waals surface area contributed by atoms with E-state index in [-0.39, 0.29) is 17.9 Å². The van der Waals surface area contributed by atoms with Crippen LogP contribution < -0.4 is 10.1 Å². The van der Waals surface area contributed by atoms with Gasteiger partial charge >= 0.3 is 0 Å². The highest BCUT2D eigenvalue weighted by atomic mass is 79.9. The Morgan fingerprint density at radius 2 is 2.15 bits per heavy atom. The largest absolute Gasteiger partial charge is 0.503 e. The molecule has 0 aromatic heterocycles. The third kappa shape index (κ3) is 3.08. The zero-order chi connectivity index (χ0) is 18.3. The van der Waals surface area contributed by atoms with E-state index in [4.69, 9.17) is 9.47 Å². The normalized spacial score (nSPS) is 24.3. The fourth-order valence-corrected chi connectivity index (χ4v) is 4.62. The summed E-state index contributed by atoms with van der Waals surface area (Å²) in [5, 5.41) is 14.0. The van der Waals surface area contributed by atoms with Crippen LogP contribution in [-0.4, -0.2) is 18.3 Å². The quantitative estimate of drug-likeness (QED) is 0.692. The number of nitrogens with one attached hydrogen (secondary N) is 1. The summed E-state index contributed by atoms with van der Waals surface area (Å²) in [6, 6.07) is 10.6. The average molecular weight is 418 g/mol. The zero-order valence-electron chi connectivity index (χ0n) is 15.1. The van der Waals surface area contributed by atoms with Gasteiger partial charge in [-0.3, -0.25) is 0 Å². The van der Waals surface area contributed by atoms with E-state index < -0.39 is 0 Å². The van der Waals surface area contributed by atoms with Crippen LogP contribution in [0.4, 0.5) is 5.69 Å². The Morgan fingerprint density at radius 3 is 2.96 bits per heavy atom. The van der Waals surface area contributed by atoms with E-state index in [9.17, 15) is 5.11 Å². The number of hydrogen-bond donors (Lipinski definition) is 2. The van der Waals surface area contributed by atoms with Crippen LogP contribution in [0.3, 0.4) is 0 Å². The van der Waals surface area contributed by atoms with Crippen LogP contribution in [0, 0.1) is 12.8 Å². The first-order valence-electron chi connectivity index (χ1n) is 9.22. The number of hydrogen-bond acceptors (Lipinski definition) is 4. The Kier molecular flexibility index (Phi) is 4.84. The van der Waals surface area contributed by atoms with Crippen molar-refractivity contribution in [1.29, 1.82) is 0 Å². The van der Waals surface area contributed by atoms with Gasteiger partial charge in [-0.25, -0.2) is 0 Å². The molecule has 2 heterocycles. The molecule has 2 aromatic rings. The Bertz CT molecular complexity index is 823. The van der Waals surface area contributed by atoms with Gasteiger partial charge in [0.15, 0.2) is 11.5 Å². The first-order valence-corrected chi connectivity index (χ1v) is 10.0. The molecule has 0 amide bonds. The van der Waals surface area contributed by atoms with Gasteiger partial charge in [0, 0.05) is 23.8 Å². The van der Waals surface area contributed by atoms with Crippen molar-refractivity contribution >= 4 is 21.6 Å². The smallest absolute Gasteiger partial charge is 0.172 e. The third-order valence-corrected chi connectivity index (χ3v) is 5.94. The molecule has 0 spiro atoms. The number of halogens is 1. The topological polar surface area (TPSA) is 50.7 Å². The summed E-state index contributed by atoms with van der Waals surface area (Å²) in [5.74, 6) is 1.02. The Balaban J connectivity index is 1.78. The van der Waals surface area contributed by atoms with E-state index in [1.165, 1.54) is 11.1 Å². The molecule has 3 atom stereocenters. The van der Waals surface area contributed by atoms with E-state index in [2.05, 4.69) is 46.4 Å². The molecule has 2 aliphatic heterocycles. The lowest BCUT2D eigenvalue weighted by atomic mass is 9.77. The maximum absolute atomic E-state index is 10.3. The third-order valence-electron chi connectivity index (χ3n) is 5.33. The van der Waals surface area contributed by atoms with Crippen molar-refractivity contribution in [2.45, 2.75) is 38.8 Å². The van der Waals surface area contributed by atoms with E-state index in [0.717, 1.165) is 30.7 Å². The fourth-order valence-electron chi connectivity index (χ4n) is 4.16. The molecule has 0 radical (unpaired) electrons. The number of aromatic hydroxyl groups is 1. The fraction of sp³-hybridized carbons (Fsp3) is 0.429. The van der Waals surface area contributed by atoms with E-state index >= 15 is 0 Å². The zero-order valence-corrected chi connectivity index (χ0v) is 16.7. The van der Waals surface area contributed by atoms with Crippen molar-refractivity contribution in [1.82, 2.24) is 0 Å². The molecule has 2 aromatic carbocycles. The number of phenols is 1. The molecule has 2 aliphatic rings. The second kappa shape index (κ2) is 7.12. The van der Waals surface area contributed by atoms with Crippen molar-refractivity contribution in [2.24, 2.45) is 5.92 Å². The number of benzene rings is 2. The van der Waals surface area contributed by atoms with E-state index in [1.807, 2.05) is 19.1 Å². The summed E-state index contributed by atoms with van der Waals surface area (Å²) in [6.07, 6.45) is 2.28. The van der Waals surface area contributed by atoms with Crippen LogP contribution in [0.1, 0.15) is 48.6 Å². The summed E-state index contributed by atoms with van der Waals surface area (Å²) in [5.41, 5.74) is 4.74. The molecule has 4 rings (SSSR count). The first kappa shape index (κ1) is 17.7. The molecular formula is C21H24BrNO3. The van der Waals surface area contributed by atoms with Crippen molar-refractivity contribution in [2.75, 3.05) is 18.5 Å². The molecule has 26 heavy (non-hydrogen) atoms. The molecule has 0 bridgehead atoms. The molecule has 1 fully saturated rings. The Hall–Kier alpha value is -1.72. The predicted octanol–water partition coefficient (Wildman–Crippen LogP) is 5.50. The molecule has 1 unspecified atom stereocenters. The second-order valence-corrected chi connectivity index (χ2v) is 7.95. The van der Waals surface area contributed by atoms with Gasteiger partial charge < -0.3 is 19.9 Å². The van der Waals surface area contributed by atoms with Crippen LogP contribution in [0.5, 0.6) is 11.5 Å². The Labute approximate surface area is 162 Å². The van der Waals surface area contributed by atoms with Crippen LogP contribution in [0.2, 0.25) is 0 Å². The number of fused-ring (bicyclic) bond motifs is 3. The summed E-state index contributed by atoms with van der Waals surface area (Å²) >= 11 is 3.47. The molecule has 1 saturated heterocycles. The second-order valence-electron chi connectivity index (χ2n) is 7.09. The van der Waals surface area contributed by atoms with Crippen LogP contribution in [0.25, 0.3) is 0 Å².